The highest BCUT2D eigenvalue weighted by Gasteiger charge is 2.06. The van der Waals surface area contributed by atoms with Crippen molar-refractivity contribution >= 4 is 17.4 Å². The molecule has 0 aliphatic heterocycles. The number of pyridine rings is 1. The van der Waals surface area contributed by atoms with Crippen LogP contribution in [0.3, 0.4) is 0 Å². The van der Waals surface area contributed by atoms with Gasteiger partial charge in [-0.1, -0.05) is 11.6 Å². The summed E-state index contributed by atoms with van der Waals surface area (Å²) in [7, 11) is 3.57. The first-order valence-electron chi connectivity index (χ1n) is 4.64. The molecule has 0 saturated heterocycles. The van der Waals surface area contributed by atoms with Crippen LogP contribution in [0.4, 0.5) is 5.82 Å². The standard InChI is InChI=1S/C10H15ClN2O2/c1-13(3-4-15-2)10-5-8(7-14)9(11)6-12-10/h5-6,14H,3-4,7H2,1-2H3. The van der Waals surface area contributed by atoms with Gasteiger partial charge < -0.3 is 14.7 Å². The van der Waals surface area contributed by atoms with E-state index >= 15 is 0 Å². The SMILES string of the molecule is COCCN(C)c1cc(CO)c(Cl)cn1. The van der Waals surface area contributed by atoms with Gasteiger partial charge in [0, 0.05) is 32.5 Å². The van der Waals surface area contributed by atoms with Crippen LogP contribution in [-0.4, -0.2) is 37.4 Å². The van der Waals surface area contributed by atoms with Crippen molar-refractivity contribution in [3.05, 3.63) is 22.8 Å². The number of aromatic nitrogens is 1. The van der Waals surface area contributed by atoms with Crippen LogP contribution < -0.4 is 4.90 Å². The molecule has 0 saturated carbocycles. The Balaban J connectivity index is 2.76. The molecule has 5 heteroatoms. The van der Waals surface area contributed by atoms with Gasteiger partial charge in [0.1, 0.15) is 5.82 Å². The first kappa shape index (κ1) is 12.2. The van der Waals surface area contributed by atoms with Gasteiger partial charge in [0.25, 0.3) is 0 Å². The Kier molecular flexibility index (Phi) is 4.81. The Morgan fingerprint density at radius 1 is 1.60 bits per heavy atom. The van der Waals surface area contributed by atoms with E-state index in [1.807, 2.05) is 11.9 Å². The van der Waals surface area contributed by atoms with Gasteiger partial charge in [-0.05, 0) is 6.07 Å². The first-order valence-corrected chi connectivity index (χ1v) is 5.02. The van der Waals surface area contributed by atoms with E-state index in [-0.39, 0.29) is 6.61 Å². The molecular formula is C10H15ClN2O2. The molecule has 0 amide bonds. The zero-order valence-corrected chi connectivity index (χ0v) is 9.66. The summed E-state index contributed by atoms with van der Waals surface area (Å²) in [4.78, 5) is 6.11. The Morgan fingerprint density at radius 3 is 2.93 bits per heavy atom. The molecule has 0 aromatic carbocycles. The highest BCUT2D eigenvalue weighted by atomic mass is 35.5. The predicted octanol–water partition coefficient (Wildman–Crippen LogP) is 1.31. The molecule has 1 aromatic heterocycles. The van der Waals surface area contributed by atoms with Crippen LogP contribution in [0.15, 0.2) is 12.3 Å². The monoisotopic (exact) mass is 230 g/mol. The van der Waals surface area contributed by atoms with E-state index < -0.39 is 0 Å². The lowest BCUT2D eigenvalue weighted by Crippen LogP contribution is -2.23. The van der Waals surface area contributed by atoms with Gasteiger partial charge in [-0.2, -0.15) is 0 Å². The lowest BCUT2D eigenvalue weighted by atomic mass is 10.2. The van der Waals surface area contributed by atoms with Crippen LogP contribution in [0.2, 0.25) is 5.02 Å². The molecule has 0 aliphatic rings. The lowest BCUT2D eigenvalue weighted by molar-refractivity contribution is 0.206. The fraction of sp³-hybridized carbons (Fsp3) is 0.500. The van der Waals surface area contributed by atoms with Crippen molar-refractivity contribution in [2.75, 3.05) is 32.2 Å². The molecule has 0 atom stereocenters. The molecule has 0 unspecified atom stereocenters. The van der Waals surface area contributed by atoms with Crippen LogP contribution in [0.1, 0.15) is 5.56 Å². The Morgan fingerprint density at radius 2 is 2.33 bits per heavy atom. The molecule has 1 rings (SSSR count). The lowest BCUT2D eigenvalue weighted by Gasteiger charge is -2.18. The predicted molar refractivity (Wildman–Crippen MR) is 60.3 cm³/mol. The van der Waals surface area contributed by atoms with Gasteiger partial charge in [0.05, 0.1) is 18.2 Å². The summed E-state index contributed by atoms with van der Waals surface area (Å²) in [6.45, 7) is 1.30. The third kappa shape index (κ3) is 3.34. The van der Waals surface area contributed by atoms with E-state index in [9.17, 15) is 0 Å². The largest absolute Gasteiger partial charge is 0.392 e. The van der Waals surface area contributed by atoms with Gasteiger partial charge >= 0.3 is 0 Å². The van der Waals surface area contributed by atoms with Crippen LogP contribution in [0.5, 0.6) is 0 Å². The molecule has 84 valence electrons. The maximum absolute atomic E-state index is 9.05. The van der Waals surface area contributed by atoms with E-state index in [1.165, 1.54) is 0 Å². The Labute approximate surface area is 94.4 Å². The average molecular weight is 231 g/mol. The minimum atomic E-state index is -0.0769. The summed E-state index contributed by atoms with van der Waals surface area (Å²) in [5.41, 5.74) is 0.686. The normalized spacial score (nSPS) is 10.4. The summed E-state index contributed by atoms with van der Waals surface area (Å²) in [5, 5.41) is 9.53. The average Bonchev–Trinajstić information content (AvgIpc) is 2.26. The van der Waals surface area contributed by atoms with E-state index in [4.69, 9.17) is 21.4 Å². The molecule has 0 aliphatic carbocycles. The zero-order chi connectivity index (χ0) is 11.3. The maximum atomic E-state index is 9.05. The molecule has 0 fully saturated rings. The molecule has 0 spiro atoms. The summed E-state index contributed by atoms with van der Waals surface area (Å²) in [6.07, 6.45) is 1.55. The van der Waals surface area contributed by atoms with E-state index in [0.717, 1.165) is 12.4 Å². The molecule has 4 nitrogen and oxygen atoms in total. The number of ether oxygens (including phenoxy) is 1. The van der Waals surface area contributed by atoms with Crippen molar-refractivity contribution in [2.24, 2.45) is 0 Å². The number of hydrogen-bond acceptors (Lipinski definition) is 4. The molecule has 0 radical (unpaired) electrons. The number of aliphatic hydroxyl groups is 1. The summed E-state index contributed by atoms with van der Waals surface area (Å²) < 4.78 is 4.97. The number of rotatable bonds is 5. The maximum Gasteiger partial charge on any atom is 0.128 e. The summed E-state index contributed by atoms with van der Waals surface area (Å²) in [6, 6.07) is 1.78. The molecule has 15 heavy (non-hydrogen) atoms. The second-order valence-electron chi connectivity index (χ2n) is 3.21. The molecular weight excluding hydrogens is 216 g/mol. The van der Waals surface area contributed by atoms with E-state index in [0.29, 0.717) is 17.2 Å². The number of aliphatic hydroxyl groups excluding tert-OH is 1. The van der Waals surface area contributed by atoms with Crippen LogP contribution in [0.25, 0.3) is 0 Å². The van der Waals surface area contributed by atoms with Crippen molar-refractivity contribution in [2.45, 2.75) is 6.61 Å². The smallest absolute Gasteiger partial charge is 0.128 e. The van der Waals surface area contributed by atoms with Crippen molar-refractivity contribution < 1.29 is 9.84 Å². The van der Waals surface area contributed by atoms with Crippen molar-refractivity contribution in [1.82, 2.24) is 4.98 Å². The first-order chi connectivity index (χ1) is 7.19. The highest BCUT2D eigenvalue weighted by molar-refractivity contribution is 6.31. The van der Waals surface area contributed by atoms with Crippen molar-refractivity contribution in [1.29, 1.82) is 0 Å². The van der Waals surface area contributed by atoms with Crippen LogP contribution in [0, 0.1) is 0 Å². The number of halogens is 1. The number of likely N-dealkylation sites (N-methyl/N-ethyl adjacent to an activating group) is 1. The van der Waals surface area contributed by atoms with Crippen molar-refractivity contribution in [3.63, 3.8) is 0 Å². The minimum Gasteiger partial charge on any atom is -0.392 e. The highest BCUT2D eigenvalue weighted by Crippen LogP contribution is 2.19. The number of anilines is 1. The second kappa shape index (κ2) is 5.90. The van der Waals surface area contributed by atoms with Crippen LogP contribution in [-0.2, 0) is 11.3 Å². The summed E-state index contributed by atoms with van der Waals surface area (Å²) >= 11 is 5.84. The molecule has 1 aromatic rings. The number of methoxy groups -OCH3 is 1. The van der Waals surface area contributed by atoms with Gasteiger partial charge in [-0.15, -0.1) is 0 Å². The molecule has 1 N–H and O–H groups in total. The van der Waals surface area contributed by atoms with Crippen molar-refractivity contribution in [3.8, 4) is 0 Å². The zero-order valence-electron chi connectivity index (χ0n) is 8.90. The summed E-state index contributed by atoms with van der Waals surface area (Å²) in [5.74, 6) is 0.778. The Bertz CT molecular complexity index is 320. The van der Waals surface area contributed by atoms with Gasteiger partial charge in [-0.3, -0.25) is 0 Å². The van der Waals surface area contributed by atoms with Gasteiger partial charge in [-0.25, -0.2) is 4.98 Å². The third-order valence-electron chi connectivity index (χ3n) is 2.11. The topological polar surface area (TPSA) is 45.6 Å². The second-order valence-corrected chi connectivity index (χ2v) is 3.61. The van der Waals surface area contributed by atoms with Gasteiger partial charge in [0.2, 0.25) is 0 Å². The molecule has 1 heterocycles. The van der Waals surface area contributed by atoms with Crippen LogP contribution >= 0.6 is 11.6 Å². The van der Waals surface area contributed by atoms with E-state index in [2.05, 4.69) is 4.98 Å². The minimum absolute atomic E-state index is 0.0769. The fourth-order valence-corrected chi connectivity index (χ4v) is 1.30. The van der Waals surface area contributed by atoms with Gasteiger partial charge in [0.15, 0.2) is 0 Å². The fourth-order valence-electron chi connectivity index (χ4n) is 1.14. The third-order valence-corrected chi connectivity index (χ3v) is 2.45. The number of hydrogen-bond donors (Lipinski definition) is 1. The van der Waals surface area contributed by atoms with E-state index in [1.54, 1.807) is 19.4 Å². The Hall–Kier alpha value is -0.840. The quantitative estimate of drug-likeness (QED) is 0.829. The molecule has 0 bridgehead atoms. The number of nitrogens with zero attached hydrogens (tertiary/aromatic N) is 2.